The van der Waals surface area contributed by atoms with E-state index in [-0.39, 0.29) is 31.0 Å². The summed E-state index contributed by atoms with van der Waals surface area (Å²) in [5.74, 6) is -0.0331. The molecule has 10 heteroatoms. The zero-order chi connectivity index (χ0) is 20.6. The van der Waals surface area contributed by atoms with Crippen LogP contribution in [0.3, 0.4) is 0 Å². The number of rotatable bonds is 3. The number of fused-ring (bicyclic) bond motifs is 1. The lowest BCUT2D eigenvalue weighted by atomic mass is 9.90. The van der Waals surface area contributed by atoms with Gasteiger partial charge >= 0.3 is 6.03 Å². The van der Waals surface area contributed by atoms with Gasteiger partial charge in [-0.3, -0.25) is 4.79 Å². The summed E-state index contributed by atoms with van der Waals surface area (Å²) in [4.78, 5) is 27.9. The highest BCUT2D eigenvalue weighted by molar-refractivity contribution is 6.00. The number of hydrogen-bond donors (Lipinski definition) is 3. The second-order valence-corrected chi connectivity index (χ2v) is 7.40. The van der Waals surface area contributed by atoms with E-state index in [0.717, 1.165) is 0 Å². The smallest absolute Gasteiger partial charge is 0.317 e. The number of halogens is 1. The molecule has 3 amide bonds. The second kappa shape index (κ2) is 7.36. The summed E-state index contributed by atoms with van der Waals surface area (Å²) >= 11 is 0. The fourth-order valence-electron chi connectivity index (χ4n) is 3.79. The maximum Gasteiger partial charge on any atom is 0.317 e. The van der Waals surface area contributed by atoms with Crippen molar-refractivity contribution < 1.29 is 19.1 Å². The van der Waals surface area contributed by atoms with Gasteiger partial charge in [0.1, 0.15) is 17.2 Å². The highest BCUT2D eigenvalue weighted by Gasteiger charge is 2.38. The Hall–Kier alpha value is -3.14. The number of β-amino-alcohol motifs (C(OH)–C–C–N with tert-alkyl or cyclic N) is 1. The molecule has 1 fully saturated rings. The highest BCUT2D eigenvalue weighted by Crippen LogP contribution is 2.29. The Morgan fingerprint density at radius 3 is 2.66 bits per heavy atom. The molecule has 154 valence electrons. The van der Waals surface area contributed by atoms with Crippen LogP contribution in [0, 0.1) is 5.82 Å². The first-order chi connectivity index (χ1) is 13.9. The normalized spacial score (nSPS) is 18.2. The number of carbonyl (C=O) groups is 2. The average Bonchev–Trinajstić information content (AvgIpc) is 3.15. The Kier molecular flexibility index (Phi) is 4.87. The number of piperidine rings is 1. The van der Waals surface area contributed by atoms with Crippen LogP contribution in [0.4, 0.5) is 15.0 Å². The van der Waals surface area contributed by atoms with Gasteiger partial charge in [0.2, 0.25) is 0 Å². The molecule has 1 aromatic heterocycles. The molecule has 2 aliphatic rings. The SMILES string of the molecule is CNC(=O)N1CCC(O)(CN2CNc3c(cnn3-c3ccc(F)cc3)C2=O)CC1. The molecule has 0 unspecified atom stereocenters. The molecule has 2 aromatic rings. The second-order valence-electron chi connectivity index (χ2n) is 7.40. The number of carbonyl (C=O) groups excluding carboxylic acids is 2. The fraction of sp³-hybridized carbons (Fsp3) is 0.421. The monoisotopic (exact) mass is 402 g/mol. The van der Waals surface area contributed by atoms with Crippen LogP contribution in [-0.2, 0) is 0 Å². The van der Waals surface area contributed by atoms with E-state index in [2.05, 4.69) is 15.7 Å². The van der Waals surface area contributed by atoms with E-state index in [4.69, 9.17) is 0 Å². The van der Waals surface area contributed by atoms with Crippen molar-refractivity contribution in [3.8, 4) is 5.69 Å². The molecule has 4 rings (SSSR count). The number of aliphatic hydroxyl groups is 1. The predicted octanol–water partition coefficient (Wildman–Crippen LogP) is 1.00. The first-order valence-corrected chi connectivity index (χ1v) is 9.46. The number of likely N-dealkylation sites (tertiary alicyclic amines) is 1. The molecule has 1 aromatic carbocycles. The van der Waals surface area contributed by atoms with Crippen LogP contribution < -0.4 is 10.6 Å². The number of anilines is 1. The minimum Gasteiger partial charge on any atom is -0.388 e. The molecule has 29 heavy (non-hydrogen) atoms. The van der Waals surface area contributed by atoms with Crippen molar-refractivity contribution in [1.82, 2.24) is 24.9 Å². The third kappa shape index (κ3) is 3.63. The molecule has 0 saturated carbocycles. The lowest BCUT2D eigenvalue weighted by Gasteiger charge is -2.41. The molecule has 9 nitrogen and oxygen atoms in total. The number of amides is 3. The summed E-state index contributed by atoms with van der Waals surface area (Å²) < 4.78 is 14.7. The van der Waals surface area contributed by atoms with E-state index < -0.39 is 5.60 Å². The predicted molar refractivity (Wildman–Crippen MR) is 103 cm³/mol. The number of hydrogen-bond acceptors (Lipinski definition) is 5. The van der Waals surface area contributed by atoms with Gasteiger partial charge < -0.3 is 25.5 Å². The minimum atomic E-state index is -1.05. The molecule has 2 aliphatic heterocycles. The van der Waals surface area contributed by atoms with E-state index in [0.29, 0.717) is 43.0 Å². The summed E-state index contributed by atoms with van der Waals surface area (Å²) in [6, 6.07) is 5.68. The number of nitrogens with zero attached hydrogens (tertiary/aromatic N) is 4. The van der Waals surface area contributed by atoms with E-state index in [1.807, 2.05) is 0 Å². The quantitative estimate of drug-likeness (QED) is 0.711. The van der Waals surface area contributed by atoms with Crippen LogP contribution in [0.25, 0.3) is 5.69 Å². The van der Waals surface area contributed by atoms with Gasteiger partial charge in [0.15, 0.2) is 0 Å². The lowest BCUT2D eigenvalue weighted by molar-refractivity contribution is -0.0331. The minimum absolute atomic E-state index is 0.166. The average molecular weight is 402 g/mol. The third-order valence-electron chi connectivity index (χ3n) is 5.48. The van der Waals surface area contributed by atoms with Crippen LogP contribution >= 0.6 is 0 Å². The summed E-state index contributed by atoms with van der Waals surface area (Å²) in [7, 11) is 1.57. The maximum absolute atomic E-state index is 13.2. The first kappa shape index (κ1) is 19.2. The van der Waals surface area contributed by atoms with Gasteiger partial charge in [-0.15, -0.1) is 0 Å². The Morgan fingerprint density at radius 2 is 2.00 bits per heavy atom. The van der Waals surface area contributed by atoms with Gasteiger partial charge in [-0.05, 0) is 37.1 Å². The van der Waals surface area contributed by atoms with Gasteiger partial charge in [0.05, 0.1) is 30.7 Å². The van der Waals surface area contributed by atoms with Crippen LogP contribution in [0.5, 0.6) is 0 Å². The van der Waals surface area contributed by atoms with Crippen LogP contribution in [0.15, 0.2) is 30.5 Å². The summed E-state index contributed by atoms with van der Waals surface area (Å²) in [5.41, 5.74) is -0.0136. The zero-order valence-electron chi connectivity index (χ0n) is 16.1. The summed E-state index contributed by atoms with van der Waals surface area (Å²) in [5, 5.41) is 20.9. The Labute approximate surface area is 167 Å². The van der Waals surface area contributed by atoms with Crippen molar-refractivity contribution in [2.45, 2.75) is 18.4 Å². The topological polar surface area (TPSA) is 103 Å². The molecule has 3 N–H and O–H groups in total. The number of benzene rings is 1. The lowest BCUT2D eigenvalue weighted by Crippen LogP contribution is -2.55. The van der Waals surface area contributed by atoms with E-state index in [1.54, 1.807) is 33.7 Å². The highest BCUT2D eigenvalue weighted by atomic mass is 19.1. The van der Waals surface area contributed by atoms with E-state index in [9.17, 15) is 19.1 Å². The number of nitrogens with one attached hydrogen (secondary N) is 2. The molecule has 3 heterocycles. The molecule has 0 aliphatic carbocycles. The van der Waals surface area contributed by atoms with Gasteiger partial charge in [-0.1, -0.05) is 0 Å². The van der Waals surface area contributed by atoms with Gasteiger partial charge in [0, 0.05) is 20.1 Å². The zero-order valence-corrected chi connectivity index (χ0v) is 16.1. The Balaban J connectivity index is 1.46. The molecule has 1 saturated heterocycles. The summed E-state index contributed by atoms with van der Waals surface area (Å²) in [6.07, 6.45) is 2.26. The molecular weight excluding hydrogens is 379 g/mol. The van der Waals surface area contributed by atoms with Crippen molar-refractivity contribution in [1.29, 1.82) is 0 Å². The molecule has 0 atom stereocenters. The van der Waals surface area contributed by atoms with Crippen LogP contribution in [-0.4, -0.2) is 75.6 Å². The molecule has 0 spiro atoms. The van der Waals surface area contributed by atoms with Gasteiger partial charge in [0.25, 0.3) is 5.91 Å². The van der Waals surface area contributed by atoms with Crippen molar-refractivity contribution in [3.05, 3.63) is 41.8 Å². The van der Waals surface area contributed by atoms with E-state index >= 15 is 0 Å². The number of aromatic nitrogens is 2. The largest absolute Gasteiger partial charge is 0.388 e. The van der Waals surface area contributed by atoms with Crippen molar-refractivity contribution in [2.75, 3.05) is 38.7 Å². The Morgan fingerprint density at radius 1 is 1.31 bits per heavy atom. The van der Waals surface area contributed by atoms with Gasteiger partial charge in [-0.2, -0.15) is 5.10 Å². The standard InChI is InChI=1S/C19H23FN6O3/c1-21-18(28)24-8-6-19(29,7-9-24)11-25-12-22-16-15(17(25)27)10-23-26(16)14-4-2-13(20)3-5-14/h2-5,10,22,29H,6-9,11-12H2,1H3,(H,21,28). The van der Waals surface area contributed by atoms with Gasteiger partial charge in [-0.25, -0.2) is 13.9 Å². The number of urea groups is 1. The Bertz CT molecular complexity index is 921. The summed E-state index contributed by atoms with van der Waals surface area (Å²) in [6.45, 7) is 1.25. The van der Waals surface area contributed by atoms with E-state index in [1.165, 1.54) is 18.3 Å². The van der Waals surface area contributed by atoms with Crippen molar-refractivity contribution >= 4 is 17.8 Å². The van der Waals surface area contributed by atoms with Crippen LogP contribution in [0.1, 0.15) is 23.2 Å². The van der Waals surface area contributed by atoms with Crippen molar-refractivity contribution in [2.24, 2.45) is 0 Å². The molecular formula is C19H23FN6O3. The first-order valence-electron chi connectivity index (χ1n) is 9.46. The van der Waals surface area contributed by atoms with Crippen LogP contribution in [0.2, 0.25) is 0 Å². The molecule has 0 radical (unpaired) electrons. The molecule has 0 bridgehead atoms. The third-order valence-corrected chi connectivity index (χ3v) is 5.48. The van der Waals surface area contributed by atoms with Crippen molar-refractivity contribution in [3.63, 3.8) is 0 Å². The maximum atomic E-state index is 13.2. The fourth-order valence-corrected chi connectivity index (χ4v) is 3.79.